The number of nitrogens with zero attached hydrogens (tertiary/aromatic N) is 3. The number of alkyl halides is 6. The van der Waals surface area contributed by atoms with Gasteiger partial charge in [-0.25, -0.2) is 8.42 Å². The first-order valence-electron chi connectivity index (χ1n) is 9.64. The Balaban J connectivity index is 1.87. The van der Waals surface area contributed by atoms with Crippen LogP contribution in [0.15, 0.2) is 27.6 Å². The van der Waals surface area contributed by atoms with Gasteiger partial charge in [0.2, 0.25) is 10.0 Å². The third-order valence-corrected chi connectivity index (χ3v) is 7.29. The van der Waals surface area contributed by atoms with Gasteiger partial charge in [0.15, 0.2) is 5.76 Å². The maximum Gasteiger partial charge on any atom is 0.416 e. The fourth-order valence-electron chi connectivity index (χ4n) is 3.57. The fraction of sp³-hybridized carbons (Fsp3) is 0.474. The number of benzene rings is 1. The summed E-state index contributed by atoms with van der Waals surface area (Å²) < 4.78 is 111. The normalized spacial score (nSPS) is 16.7. The molecule has 1 saturated heterocycles. The molecule has 182 valence electrons. The molecule has 0 bridgehead atoms. The predicted molar refractivity (Wildman–Crippen MR) is 102 cm³/mol. The quantitative estimate of drug-likeness (QED) is 0.599. The predicted octanol–water partition coefficient (Wildman–Crippen LogP) is 3.87. The van der Waals surface area contributed by atoms with Crippen LogP contribution < -0.4 is 0 Å². The zero-order chi connectivity index (χ0) is 24.8. The number of hydrogen-bond acceptors (Lipinski definition) is 5. The lowest BCUT2D eigenvalue weighted by Gasteiger charge is -2.23. The van der Waals surface area contributed by atoms with Crippen LogP contribution in [0.25, 0.3) is 0 Å². The van der Waals surface area contributed by atoms with Gasteiger partial charge in [-0.2, -0.15) is 30.6 Å². The number of halogens is 6. The molecular weight excluding hydrogens is 480 g/mol. The van der Waals surface area contributed by atoms with E-state index < -0.39 is 45.0 Å². The molecule has 0 unspecified atom stereocenters. The molecule has 1 aliphatic rings. The minimum Gasteiger partial charge on any atom is -0.360 e. The number of sulfonamides is 1. The third kappa shape index (κ3) is 5.16. The Hall–Kier alpha value is -2.61. The van der Waals surface area contributed by atoms with Crippen molar-refractivity contribution in [3.8, 4) is 0 Å². The summed E-state index contributed by atoms with van der Waals surface area (Å²) >= 11 is 0. The SMILES string of the molecule is Cc1noc(C)c1S(=O)(=O)N1CCCN(C(=O)c2cc(C(F)(F)F)cc(C(F)(F)F)c2)CC1. The molecule has 2 heterocycles. The number of rotatable bonds is 3. The van der Waals surface area contributed by atoms with Gasteiger partial charge < -0.3 is 9.42 Å². The minimum atomic E-state index is -5.09. The molecule has 1 aromatic heterocycles. The fourth-order valence-corrected chi connectivity index (χ4v) is 5.33. The Labute approximate surface area is 185 Å². The van der Waals surface area contributed by atoms with Crippen molar-refractivity contribution >= 4 is 15.9 Å². The molecule has 3 rings (SSSR count). The highest BCUT2D eigenvalue weighted by Crippen LogP contribution is 2.36. The monoisotopic (exact) mass is 499 g/mol. The van der Waals surface area contributed by atoms with Crippen molar-refractivity contribution in [1.29, 1.82) is 0 Å². The van der Waals surface area contributed by atoms with E-state index in [4.69, 9.17) is 4.52 Å². The lowest BCUT2D eigenvalue weighted by Crippen LogP contribution is -2.37. The van der Waals surface area contributed by atoms with Crippen molar-refractivity contribution in [3.05, 3.63) is 46.3 Å². The standard InChI is InChI=1S/C19H19F6N3O4S/c1-11-16(12(2)32-26-11)33(30,31)28-5-3-4-27(6-7-28)17(29)13-8-14(18(20,21)22)10-15(9-13)19(23,24)25/h8-10H,3-7H2,1-2H3. The summed E-state index contributed by atoms with van der Waals surface area (Å²) in [4.78, 5) is 13.7. The highest BCUT2D eigenvalue weighted by molar-refractivity contribution is 7.89. The molecule has 33 heavy (non-hydrogen) atoms. The van der Waals surface area contributed by atoms with E-state index in [2.05, 4.69) is 5.16 Å². The molecule has 0 saturated carbocycles. The second-order valence-corrected chi connectivity index (χ2v) is 9.37. The lowest BCUT2D eigenvalue weighted by molar-refractivity contribution is -0.143. The maximum atomic E-state index is 13.1. The Morgan fingerprint density at radius 2 is 1.52 bits per heavy atom. The molecule has 0 atom stereocenters. The molecule has 7 nitrogen and oxygen atoms in total. The van der Waals surface area contributed by atoms with Crippen LogP contribution in [0.4, 0.5) is 26.3 Å². The Morgan fingerprint density at radius 1 is 0.939 bits per heavy atom. The van der Waals surface area contributed by atoms with E-state index in [1.807, 2.05) is 0 Å². The van der Waals surface area contributed by atoms with Crippen molar-refractivity contribution in [1.82, 2.24) is 14.4 Å². The average molecular weight is 499 g/mol. The van der Waals surface area contributed by atoms with Crippen molar-refractivity contribution in [2.45, 2.75) is 37.5 Å². The van der Waals surface area contributed by atoms with E-state index in [1.165, 1.54) is 13.8 Å². The van der Waals surface area contributed by atoms with Gasteiger partial charge >= 0.3 is 12.4 Å². The van der Waals surface area contributed by atoms with Gasteiger partial charge in [0, 0.05) is 31.7 Å². The second kappa shape index (κ2) is 8.63. The second-order valence-electron chi connectivity index (χ2n) is 7.50. The van der Waals surface area contributed by atoms with E-state index in [9.17, 15) is 39.6 Å². The van der Waals surface area contributed by atoms with E-state index >= 15 is 0 Å². The number of amides is 1. The van der Waals surface area contributed by atoms with Crippen molar-refractivity contribution < 1.29 is 44.1 Å². The Bertz CT molecular complexity index is 1110. The molecule has 0 aliphatic carbocycles. The minimum absolute atomic E-state index is 0.00738. The van der Waals surface area contributed by atoms with Gasteiger partial charge in [-0.05, 0) is 38.5 Å². The van der Waals surface area contributed by atoms with Gasteiger partial charge in [0.25, 0.3) is 5.91 Å². The maximum absolute atomic E-state index is 13.1. The van der Waals surface area contributed by atoms with E-state index in [-0.39, 0.29) is 55.0 Å². The highest BCUT2D eigenvalue weighted by Gasteiger charge is 2.38. The molecule has 1 fully saturated rings. The van der Waals surface area contributed by atoms with Gasteiger partial charge in [-0.15, -0.1) is 0 Å². The summed E-state index contributed by atoms with van der Waals surface area (Å²) in [5, 5.41) is 3.61. The molecule has 0 radical (unpaired) electrons. The summed E-state index contributed by atoms with van der Waals surface area (Å²) in [7, 11) is -4.03. The first-order valence-corrected chi connectivity index (χ1v) is 11.1. The number of hydrogen-bond donors (Lipinski definition) is 0. The number of carbonyl (C=O) groups is 1. The van der Waals surface area contributed by atoms with Gasteiger partial charge in [-0.1, -0.05) is 5.16 Å². The van der Waals surface area contributed by atoms with Crippen LogP contribution in [0.3, 0.4) is 0 Å². The molecule has 1 aliphatic heterocycles. The summed E-state index contributed by atoms with van der Waals surface area (Å²) in [5.74, 6) is -0.975. The molecule has 0 N–H and O–H groups in total. The van der Waals surface area contributed by atoms with Gasteiger partial charge in [-0.3, -0.25) is 4.79 Å². The van der Waals surface area contributed by atoms with Crippen molar-refractivity contribution in [3.63, 3.8) is 0 Å². The zero-order valence-electron chi connectivity index (χ0n) is 17.4. The Kier molecular flexibility index (Phi) is 6.54. The molecule has 1 aromatic carbocycles. The van der Waals surface area contributed by atoms with Crippen LogP contribution in [-0.4, -0.2) is 54.9 Å². The molecule has 0 spiro atoms. The summed E-state index contributed by atoms with van der Waals surface area (Å²) in [6, 6.07) is 0.665. The molecule has 2 aromatic rings. The number of aromatic nitrogens is 1. The zero-order valence-corrected chi connectivity index (χ0v) is 18.2. The van der Waals surface area contributed by atoms with Crippen LogP contribution in [0, 0.1) is 13.8 Å². The van der Waals surface area contributed by atoms with Gasteiger partial charge in [0.1, 0.15) is 10.6 Å². The summed E-state index contributed by atoms with van der Waals surface area (Å²) in [6.45, 7) is 2.38. The van der Waals surface area contributed by atoms with Crippen LogP contribution in [0.5, 0.6) is 0 Å². The highest BCUT2D eigenvalue weighted by atomic mass is 32.2. The summed E-state index contributed by atoms with van der Waals surface area (Å²) in [6.07, 6.45) is -10.1. The van der Waals surface area contributed by atoms with E-state index in [0.717, 1.165) is 9.21 Å². The van der Waals surface area contributed by atoms with Crippen LogP contribution in [-0.2, 0) is 22.4 Å². The van der Waals surface area contributed by atoms with E-state index in [0.29, 0.717) is 12.1 Å². The topological polar surface area (TPSA) is 83.7 Å². The molecule has 1 amide bonds. The largest absolute Gasteiger partial charge is 0.416 e. The summed E-state index contributed by atoms with van der Waals surface area (Å²) in [5.41, 5.74) is -3.83. The third-order valence-electron chi connectivity index (χ3n) is 5.14. The van der Waals surface area contributed by atoms with Crippen molar-refractivity contribution in [2.24, 2.45) is 0 Å². The first kappa shape index (κ1) is 25.0. The van der Waals surface area contributed by atoms with Gasteiger partial charge in [0.05, 0.1) is 11.1 Å². The average Bonchev–Trinajstić information content (AvgIpc) is 2.91. The lowest BCUT2D eigenvalue weighted by atomic mass is 10.0. The van der Waals surface area contributed by atoms with Crippen LogP contribution in [0.1, 0.15) is 39.4 Å². The van der Waals surface area contributed by atoms with Crippen LogP contribution in [0.2, 0.25) is 0 Å². The molecular formula is C19H19F6N3O4S. The number of aryl methyl sites for hydroxylation is 2. The number of carbonyl (C=O) groups excluding carboxylic acids is 1. The van der Waals surface area contributed by atoms with E-state index in [1.54, 1.807) is 0 Å². The van der Waals surface area contributed by atoms with Crippen LogP contribution >= 0.6 is 0 Å². The smallest absolute Gasteiger partial charge is 0.360 e. The molecule has 14 heteroatoms. The Morgan fingerprint density at radius 3 is 2.00 bits per heavy atom. The first-order chi connectivity index (χ1) is 15.1. The van der Waals surface area contributed by atoms with Crippen molar-refractivity contribution in [2.75, 3.05) is 26.2 Å².